The van der Waals surface area contributed by atoms with E-state index in [9.17, 15) is 0 Å². The number of ether oxygens (including phenoxy) is 1. The van der Waals surface area contributed by atoms with Crippen LogP contribution in [0, 0.1) is 0 Å². The lowest BCUT2D eigenvalue weighted by atomic mass is 10.4. The molecule has 1 aliphatic rings. The van der Waals surface area contributed by atoms with E-state index in [2.05, 4.69) is 25.5 Å². The molecule has 0 unspecified atom stereocenters. The Balaban J connectivity index is 1.89. The number of hydrogen-bond donors (Lipinski definition) is 1. The van der Waals surface area contributed by atoms with E-state index in [1.165, 1.54) is 0 Å². The lowest BCUT2D eigenvalue weighted by Gasteiger charge is -2.27. The first-order valence-corrected chi connectivity index (χ1v) is 5.56. The SMILES string of the molecule is Cn1ncc2c(NN3CCOCC3)ncnc21. The van der Waals surface area contributed by atoms with Crippen LogP contribution in [0.15, 0.2) is 12.5 Å². The number of fused-ring (bicyclic) bond motifs is 1. The van der Waals surface area contributed by atoms with Gasteiger partial charge in [0.2, 0.25) is 0 Å². The number of hydrogen-bond acceptors (Lipinski definition) is 6. The minimum absolute atomic E-state index is 0.744. The van der Waals surface area contributed by atoms with E-state index >= 15 is 0 Å². The Kier molecular flexibility index (Phi) is 2.62. The van der Waals surface area contributed by atoms with Gasteiger partial charge < -0.3 is 10.2 Å². The van der Waals surface area contributed by atoms with Gasteiger partial charge in [0.05, 0.1) is 24.8 Å². The van der Waals surface area contributed by atoms with E-state index in [-0.39, 0.29) is 0 Å². The van der Waals surface area contributed by atoms with Crippen LogP contribution in [0.3, 0.4) is 0 Å². The van der Waals surface area contributed by atoms with Crippen LogP contribution in [0.25, 0.3) is 11.0 Å². The minimum Gasteiger partial charge on any atom is -0.379 e. The van der Waals surface area contributed by atoms with E-state index < -0.39 is 0 Å². The first-order chi connectivity index (χ1) is 8.34. The van der Waals surface area contributed by atoms with Gasteiger partial charge in [-0.15, -0.1) is 0 Å². The molecule has 17 heavy (non-hydrogen) atoms. The van der Waals surface area contributed by atoms with Crippen molar-refractivity contribution in [1.29, 1.82) is 0 Å². The minimum atomic E-state index is 0.744. The van der Waals surface area contributed by atoms with Gasteiger partial charge in [-0.05, 0) is 0 Å². The molecule has 7 nitrogen and oxygen atoms in total. The Bertz CT molecular complexity index is 518. The van der Waals surface area contributed by atoms with E-state index in [1.54, 1.807) is 17.2 Å². The highest BCUT2D eigenvalue weighted by Gasteiger charge is 2.13. The van der Waals surface area contributed by atoms with Gasteiger partial charge in [-0.25, -0.2) is 15.0 Å². The van der Waals surface area contributed by atoms with Crippen molar-refractivity contribution in [2.24, 2.45) is 7.05 Å². The highest BCUT2D eigenvalue weighted by atomic mass is 16.5. The summed E-state index contributed by atoms with van der Waals surface area (Å²) in [6, 6.07) is 0. The summed E-state index contributed by atoms with van der Waals surface area (Å²) >= 11 is 0. The van der Waals surface area contributed by atoms with Crippen molar-refractivity contribution in [3.8, 4) is 0 Å². The molecule has 1 aliphatic heterocycles. The maximum atomic E-state index is 5.30. The Morgan fingerprint density at radius 3 is 2.94 bits per heavy atom. The Labute approximate surface area is 98.4 Å². The number of anilines is 1. The van der Waals surface area contributed by atoms with Gasteiger partial charge in [0.1, 0.15) is 6.33 Å². The van der Waals surface area contributed by atoms with Crippen molar-refractivity contribution in [2.45, 2.75) is 0 Å². The molecule has 2 aromatic heterocycles. The van der Waals surface area contributed by atoms with E-state index in [1.807, 2.05) is 7.05 Å². The predicted molar refractivity (Wildman–Crippen MR) is 62.3 cm³/mol. The molecule has 3 heterocycles. The third kappa shape index (κ3) is 1.94. The van der Waals surface area contributed by atoms with Gasteiger partial charge in [0.15, 0.2) is 11.5 Å². The Hall–Kier alpha value is -1.73. The molecule has 0 atom stereocenters. The summed E-state index contributed by atoms with van der Waals surface area (Å²) in [6.45, 7) is 3.19. The molecule has 1 N–H and O–H groups in total. The second kappa shape index (κ2) is 4.27. The maximum absolute atomic E-state index is 5.30. The molecule has 1 fully saturated rings. The molecular formula is C10H14N6O. The van der Waals surface area contributed by atoms with Crippen LogP contribution >= 0.6 is 0 Å². The molecule has 0 aromatic carbocycles. The second-order valence-electron chi connectivity index (χ2n) is 3.94. The highest BCUT2D eigenvalue weighted by Crippen LogP contribution is 2.18. The van der Waals surface area contributed by atoms with Gasteiger partial charge in [0.25, 0.3) is 0 Å². The van der Waals surface area contributed by atoms with Crippen LogP contribution in [0.2, 0.25) is 0 Å². The third-order valence-electron chi connectivity index (χ3n) is 2.80. The molecule has 7 heteroatoms. The van der Waals surface area contributed by atoms with Gasteiger partial charge in [0, 0.05) is 20.1 Å². The molecular weight excluding hydrogens is 220 g/mol. The van der Waals surface area contributed by atoms with E-state index in [0.29, 0.717) is 0 Å². The van der Waals surface area contributed by atoms with Crippen LogP contribution in [-0.2, 0) is 11.8 Å². The summed E-state index contributed by atoms with van der Waals surface area (Å²) in [5.74, 6) is 0.796. The molecule has 90 valence electrons. The number of nitrogens with zero attached hydrogens (tertiary/aromatic N) is 5. The summed E-state index contributed by atoms with van der Waals surface area (Å²) in [4.78, 5) is 8.46. The smallest absolute Gasteiger partial charge is 0.163 e. The molecule has 0 spiro atoms. The normalized spacial score (nSPS) is 17.5. The first-order valence-electron chi connectivity index (χ1n) is 5.56. The third-order valence-corrected chi connectivity index (χ3v) is 2.80. The van der Waals surface area contributed by atoms with Crippen LogP contribution in [0.1, 0.15) is 0 Å². The van der Waals surface area contributed by atoms with E-state index in [0.717, 1.165) is 43.2 Å². The number of hydrazine groups is 1. The zero-order chi connectivity index (χ0) is 11.7. The Morgan fingerprint density at radius 1 is 1.29 bits per heavy atom. The van der Waals surface area contributed by atoms with Crippen LogP contribution in [0.5, 0.6) is 0 Å². The molecule has 0 saturated carbocycles. The van der Waals surface area contributed by atoms with Crippen LogP contribution in [0.4, 0.5) is 5.82 Å². The monoisotopic (exact) mass is 234 g/mol. The lowest BCUT2D eigenvalue weighted by molar-refractivity contribution is 0.0495. The van der Waals surface area contributed by atoms with Crippen LogP contribution < -0.4 is 5.43 Å². The predicted octanol–water partition coefficient (Wildman–Crippen LogP) is 0.0224. The summed E-state index contributed by atoms with van der Waals surface area (Å²) < 4.78 is 7.04. The number of morpholine rings is 1. The average molecular weight is 234 g/mol. The average Bonchev–Trinajstić information content (AvgIpc) is 2.74. The first kappa shape index (κ1) is 10.4. The zero-order valence-corrected chi connectivity index (χ0v) is 9.63. The quantitative estimate of drug-likeness (QED) is 0.790. The molecule has 0 bridgehead atoms. The lowest BCUT2D eigenvalue weighted by Crippen LogP contribution is -2.40. The molecule has 0 amide bonds. The van der Waals surface area contributed by atoms with Gasteiger partial charge in [-0.1, -0.05) is 0 Å². The van der Waals surface area contributed by atoms with Crippen LogP contribution in [-0.4, -0.2) is 51.1 Å². The topological polar surface area (TPSA) is 68.1 Å². The number of nitrogens with one attached hydrogen (secondary N) is 1. The summed E-state index contributed by atoms with van der Waals surface area (Å²) in [5, 5.41) is 7.21. The second-order valence-corrected chi connectivity index (χ2v) is 3.94. The largest absolute Gasteiger partial charge is 0.379 e. The van der Waals surface area contributed by atoms with Crippen molar-refractivity contribution < 1.29 is 4.74 Å². The molecule has 0 aliphatic carbocycles. The van der Waals surface area contributed by atoms with Crippen molar-refractivity contribution in [3.05, 3.63) is 12.5 Å². The van der Waals surface area contributed by atoms with E-state index in [4.69, 9.17) is 4.74 Å². The maximum Gasteiger partial charge on any atom is 0.163 e. The fourth-order valence-electron chi connectivity index (χ4n) is 1.88. The number of rotatable bonds is 2. The standard InChI is InChI=1S/C10H14N6O/c1-15-10-8(6-13-15)9(11-7-12-10)14-16-2-4-17-5-3-16/h6-7H,2-5H2,1H3,(H,11,12,14). The fourth-order valence-corrected chi connectivity index (χ4v) is 1.88. The summed E-state index contributed by atoms with van der Waals surface area (Å²) in [7, 11) is 1.87. The number of aryl methyl sites for hydroxylation is 1. The summed E-state index contributed by atoms with van der Waals surface area (Å²) in [6.07, 6.45) is 3.32. The fraction of sp³-hybridized carbons (Fsp3) is 0.500. The molecule has 0 radical (unpaired) electrons. The summed E-state index contributed by atoms with van der Waals surface area (Å²) in [5.41, 5.74) is 4.12. The van der Waals surface area contributed by atoms with Crippen molar-refractivity contribution >= 4 is 16.9 Å². The molecule has 1 saturated heterocycles. The highest BCUT2D eigenvalue weighted by molar-refractivity contribution is 5.85. The molecule has 3 rings (SSSR count). The molecule has 2 aromatic rings. The Morgan fingerprint density at radius 2 is 2.12 bits per heavy atom. The van der Waals surface area contributed by atoms with Crippen molar-refractivity contribution in [2.75, 3.05) is 31.7 Å². The van der Waals surface area contributed by atoms with Crippen molar-refractivity contribution in [3.63, 3.8) is 0 Å². The van der Waals surface area contributed by atoms with Gasteiger partial charge in [-0.3, -0.25) is 4.68 Å². The zero-order valence-electron chi connectivity index (χ0n) is 9.63. The van der Waals surface area contributed by atoms with Crippen molar-refractivity contribution in [1.82, 2.24) is 24.8 Å². The van der Waals surface area contributed by atoms with Gasteiger partial charge in [-0.2, -0.15) is 5.10 Å². The van der Waals surface area contributed by atoms with Gasteiger partial charge >= 0.3 is 0 Å². The number of aromatic nitrogens is 4.